The highest BCUT2D eigenvalue weighted by atomic mass is 16.6. The molecular weight excluding hydrogens is 432 g/mol. The largest absolute Gasteiger partial charge is 0.486 e. The molecule has 2 aliphatic rings. The molecule has 6 rings (SSSR count). The number of aromatic nitrogens is 2. The van der Waals surface area contributed by atoms with Gasteiger partial charge in [-0.1, -0.05) is 12.1 Å². The van der Waals surface area contributed by atoms with Gasteiger partial charge in [0.05, 0.1) is 17.0 Å². The lowest BCUT2D eigenvalue weighted by Gasteiger charge is -2.22. The predicted octanol–water partition coefficient (Wildman–Crippen LogP) is 3.79. The number of carbonyl (C=O) groups excluding carboxylic acids is 2. The minimum atomic E-state index is -0.432. The Bertz CT molecular complexity index is 1400. The molecule has 0 radical (unpaired) electrons. The molecule has 8 nitrogen and oxygen atoms in total. The number of hydrogen-bond acceptors (Lipinski definition) is 5. The maximum Gasteiger partial charge on any atom is 0.229 e. The molecule has 1 saturated heterocycles. The standard InChI is InChI=1S/C26H22N4O4/c31-25-13-17(15-29(25)20-9-10-23-24(14-20)34-12-11-33-23)26(32)28-18-5-7-19(8-6-18)30-16-27-21-3-1-2-4-22(21)30/h1-10,14,16-17H,11-13,15H2,(H,28,32). The number of fused-ring (bicyclic) bond motifs is 2. The van der Waals surface area contributed by atoms with Crippen molar-refractivity contribution in [1.29, 1.82) is 0 Å². The van der Waals surface area contributed by atoms with Crippen molar-refractivity contribution >= 4 is 34.2 Å². The van der Waals surface area contributed by atoms with E-state index >= 15 is 0 Å². The Balaban J connectivity index is 1.14. The van der Waals surface area contributed by atoms with Crippen LogP contribution in [0.1, 0.15) is 6.42 Å². The van der Waals surface area contributed by atoms with Gasteiger partial charge >= 0.3 is 0 Å². The van der Waals surface area contributed by atoms with Crippen LogP contribution in [0.15, 0.2) is 73.1 Å². The zero-order valence-electron chi connectivity index (χ0n) is 18.3. The molecule has 0 spiro atoms. The van der Waals surface area contributed by atoms with E-state index < -0.39 is 5.92 Å². The molecule has 4 aromatic rings. The molecule has 0 saturated carbocycles. The quantitative estimate of drug-likeness (QED) is 0.507. The van der Waals surface area contributed by atoms with Crippen molar-refractivity contribution in [3.63, 3.8) is 0 Å². The van der Waals surface area contributed by atoms with Crippen LogP contribution in [-0.2, 0) is 9.59 Å². The van der Waals surface area contributed by atoms with Gasteiger partial charge in [0.2, 0.25) is 11.8 Å². The normalized spacial score (nSPS) is 17.2. The molecule has 0 bridgehead atoms. The number of nitrogens with one attached hydrogen (secondary N) is 1. The van der Waals surface area contributed by atoms with E-state index in [-0.39, 0.29) is 18.2 Å². The van der Waals surface area contributed by atoms with Crippen LogP contribution in [-0.4, -0.2) is 41.1 Å². The van der Waals surface area contributed by atoms with Crippen LogP contribution >= 0.6 is 0 Å². The number of rotatable bonds is 4. The van der Waals surface area contributed by atoms with Crippen molar-refractivity contribution in [2.24, 2.45) is 5.92 Å². The number of benzene rings is 3. The van der Waals surface area contributed by atoms with E-state index in [4.69, 9.17) is 9.47 Å². The second kappa shape index (κ2) is 8.22. The molecule has 1 N–H and O–H groups in total. The lowest BCUT2D eigenvalue weighted by Crippen LogP contribution is -2.28. The van der Waals surface area contributed by atoms with Gasteiger partial charge in [-0.25, -0.2) is 4.98 Å². The average molecular weight is 454 g/mol. The van der Waals surface area contributed by atoms with Crippen molar-refractivity contribution in [3.05, 3.63) is 73.1 Å². The molecule has 1 aromatic heterocycles. The maximum atomic E-state index is 12.9. The minimum absolute atomic E-state index is 0.0841. The van der Waals surface area contributed by atoms with Crippen LogP contribution in [0.4, 0.5) is 11.4 Å². The number of anilines is 2. The van der Waals surface area contributed by atoms with Crippen LogP contribution in [0.2, 0.25) is 0 Å². The van der Waals surface area contributed by atoms with Gasteiger partial charge in [-0.05, 0) is 48.5 Å². The van der Waals surface area contributed by atoms with Gasteiger partial charge < -0.3 is 19.7 Å². The van der Waals surface area contributed by atoms with Crippen molar-refractivity contribution < 1.29 is 19.1 Å². The number of imidazole rings is 1. The predicted molar refractivity (Wildman–Crippen MR) is 128 cm³/mol. The molecule has 8 heteroatoms. The first kappa shape index (κ1) is 20.3. The molecular formula is C26H22N4O4. The van der Waals surface area contributed by atoms with Crippen molar-refractivity contribution in [1.82, 2.24) is 9.55 Å². The van der Waals surface area contributed by atoms with Crippen LogP contribution in [0.3, 0.4) is 0 Å². The first-order chi connectivity index (χ1) is 16.7. The first-order valence-corrected chi connectivity index (χ1v) is 11.2. The van der Waals surface area contributed by atoms with E-state index in [2.05, 4.69) is 10.3 Å². The fourth-order valence-electron chi connectivity index (χ4n) is 4.45. The highest BCUT2D eigenvalue weighted by molar-refractivity contribution is 6.03. The topological polar surface area (TPSA) is 85.7 Å². The number of amides is 2. The monoisotopic (exact) mass is 454 g/mol. The molecule has 2 aliphatic heterocycles. The van der Waals surface area contributed by atoms with Crippen molar-refractivity contribution in [2.75, 3.05) is 30.0 Å². The van der Waals surface area contributed by atoms with Crippen molar-refractivity contribution in [3.8, 4) is 17.2 Å². The molecule has 1 atom stereocenters. The summed E-state index contributed by atoms with van der Waals surface area (Å²) in [5.74, 6) is 0.602. The minimum Gasteiger partial charge on any atom is -0.486 e. The number of ether oxygens (including phenoxy) is 2. The van der Waals surface area contributed by atoms with Crippen LogP contribution in [0.25, 0.3) is 16.7 Å². The maximum absolute atomic E-state index is 12.9. The Morgan fingerprint density at radius 2 is 1.71 bits per heavy atom. The Morgan fingerprint density at radius 3 is 2.56 bits per heavy atom. The Labute approximate surface area is 195 Å². The smallest absolute Gasteiger partial charge is 0.229 e. The number of para-hydroxylation sites is 2. The van der Waals surface area contributed by atoms with Gasteiger partial charge in [-0.2, -0.15) is 0 Å². The summed E-state index contributed by atoms with van der Waals surface area (Å²) >= 11 is 0. The second-order valence-corrected chi connectivity index (χ2v) is 8.37. The number of nitrogens with zero attached hydrogens (tertiary/aromatic N) is 3. The van der Waals surface area contributed by atoms with Crippen molar-refractivity contribution in [2.45, 2.75) is 6.42 Å². The third-order valence-corrected chi connectivity index (χ3v) is 6.20. The van der Waals surface area contributed by atoms with E-state index in [0.29, 0.717) is 42.6 Å². The first-order valence-electron chi connectivity index (χ1n) is 11.2. The van der Waals surface area contributed by atoms with Gasteiger partial charge in [0.1, 0.15) is 19.5 Å². The van der Waals surface area contributed by atoms with Crippen LogP contribution in [0, 0.1) is 5.92 Å². The summed E-state index contributed by atoms with van der Waals surface area (Å²) in [5.41, 5.74) is 4.29. The number of carbonyl (C=O) groups is 2. The summed E-state index contributed by atoms with van der Waals surface area (Å²) in [5, 5.41) is 2.95. The van der Waals surface area contributed by atoms with Crippen LogP contribution < -0.4 is 19.7 Å². The summed E-state index contributed by atoms with van der Waals surface area (Å²) < 4.78 is 13.2. The highest BCUT2D eigenvalue weighted by Crippen LogP contribution is 2.36. The Morgan fingerprint density at radius 1 is 0.941 bits per heavy atom. The van der Waals surface area contributed by atoms with Gasteiger partial charge in [0.25, 0.3) is 0 Å². The molecule has 170 valence electrons. The number of hydrogen-bond donors (Lipinski definition) is 1. The molecule has 3 aromatic carbocycles. The summed E-state index contributed by atoms with van der Waals surface area (Å²) in [6, 6.07) is 20.9. The van der Waals surface area contributed by atoms with E-state index in [0.717, 1.165) is 16.7 Å². The van der Waals surface area contributed by atoms with Gasteiger partial charge in [-0.15, -0.1) is 0 Å². The van der Waals surface area contributed by atoms with E-state index in [9.17, 15) is 9.59 Å². The average Bonchev–Trinajstić information content (AvgIpc) is 3.48. The second-order valence-electron chi connectivity index (χ2n) is 8.37. The summed E-state index contributed by atoms with van der Waals surface area (Å²) in [6.45, 7) is 1.31. The fraction of sp³-hybridized carbons (Fsp3) is 0.192. The highest BCUT2D eigenvalue weighted by Gasteiger charge is 2.35. The van der Waals surface area contributed by atoms with Gasteiger partial charge in [0.15, 0.2) is 11.5 Å². The third-order valence-electron chi connectivity index (χ3n) is 6.20. The SMILES string of the molecule is O=C(Nc1ccc(-n2cnc3ccccc32)cc1)C1CC(=O)N(c2ccc3c(c2)OCCO3)C1. The van der Waals surface area contributed by atoms with Gasteiger partial charge in [-0.3, -0.25) is 14.2 Å². The van der Waals surface area contributed by atoms with E-state index in [1.165, 1.54) is 0 Å². The van der Waals surface area contributed by atoms with E-state index in [1.807, 2.05) is 59.2 Å². The van der Waals surface area contributed by atoms with E-state index in [1.54, 1.807) is 23.4 Å². The van der Waals surface area contributed by atoms with Crippen LogP contribution in [0.5, 0.6) is 11.5 Å². The molecule has 3 heterocycles. The molecule has 1 fully saturated rings. The molecule has 1 unspecified atom stereocenters. The molecule has 2 amide bonds. The van der Waals surface area contributed by atoms with Gasteiger partial charge in [0, 0.05) is 36.1 Å². The lowest BCUT2D eigenvalue weighted by atomic mass is 10.1. The zero-order chi connectivity index (χ0) is 23.1. The summed E-state index contributed by atoms with van der Waals surface area (Å²) in [7, 11) is 0. The molecule has 34 heavy (non-hydrogen) atoms. The Kier molecular flexibility index (Phi) is 4.91. The summed E-state index contributed by atoms with van der Waals surface area (Å²) in [4.78, 5) is 31.6. The zero-order valence-corrected chi connectivity index (χ0v) is 18.3. The third kappa shape index (κ3) is 3.63. The summed E-state index contributed by atoms with van der Waals surface area (Å²) in [6.07, 6.45) is 1.95. The Hall–Kier alpha value is -4.33. The molecule has 0 aliphatic carbocycles. The fourth-order valence-corrected chi connectivity index (χ4v) is 4.45. The lowest BCUT2D eigenvalue weighted by molar-refractivity contribution is -0.122.